The van der Waals surface area contributed by atoms with Crippen LogP contribution in [-0.4, -0.2) is 11.8 Å². The Balaban J connectivity index is 1.56. The molecule has 0 N–H and O–H groups in total. The molecule has 0 aliphatic carbocycles. The second-order valence-corrected chi connectivity index (χ2v) is 9.28. The van der Waals surface area contributed by atoms with Crippen LogP contribution in [0.15, 0.2) is 123 Å². The Morgan fingerprint density at radius 2 is 0.903 bits per heavy atom. The van der Waals surface area contributed by atoms with Gasteiger partial charge < -0.3 is 0 Å². The number of anilines is 1. The first-order chi connectivity index (χ1) is 15.2. The molecule has 4 aromatic carbocycles. The molecule has 0 saturated carbocycles. The van der Waals surface area contributed by atoms with Crippen molar-refractivity contribution in [1.29, 1.82) is 0 Å². The summed E-state index contributed by atoms with van der Waals surface area (Å²) in [7, 11) is 0. The van der Waals surface area contributed by atoms with Gasteiger partial charge in [0.1, 0.15) is 0 Å². The molecule has 0 spiro atoms. The molecule has 2 amide bonds. The highest BCUT2D eigenvalue weighted by molar-refractivity contribution is 8.00. The van der Waals surface area contributed by atoms with E-state index in [4.69, 9.17) is 0 Å². The zero-order chi connectivity index (χ0) is 21.2. The number of benzene rings is 4. The van der Waals surface area contributed by atoms with Crippen molar-refractivity contribution in [2.24, 2.45) is 0 Å². The smallest absolute Gasteiger partial charge is 0.266 e. The number of carbonyl (C=O) groups excluding carboxylic acids is 2. The predicted octanol–water partition coefficient (Wildman–Crippen LogP) is 6.79. The molecule has 1 aliphatic heterocycles. The standard InChI is InChI=1S/C26H17NO2S2/c28-25-23-13-7-8-14-24(23)26(29)27(25)18-15-21(30-19-9-3-1-4-10-19)17-22(16-18)31-20-11-5-2-6-12-20/h1-17H. The van der Waals surface area contributed by atoms with E-state index in [1.165, 1.54) is 4.90 Å². The molecule has 1 aliphatic rings. The van der Waals surface area contributed by atoms with Gasteiger partial charge >= 0.3 is 0 Å². The third-order valence-electron chi connectivity index (χ3n) is 4.87. The van der Waals surface area contributed by atoms with E-state index in [1.807, 2.05) is 72.8 Å². The highest BCUT2D eigenvalue weighted by atomic mass is 32.2. The number of hydrogen-bond acceptors (Lipinski definition) is 4. The van der Waals surface area contributed by atoms with Crippen LogP contribution in [0.1, 0.15) is 20.7 Å². The number of hydrogen-bond donors (Lipinski definition) is 0. The van der Waals surface area contributed by atoms with Crippen LogP contribution in [0.4, 0.5) is 5.69 Å². The summed E-state index contributed by atoms with van der Waals surface area (Å²) in [4.78, 5) is 31.5. The summed E-state index contributed by atoms with van der Waals surface area (Å²) < 4.78 is 0. The molecular weight excluding hydrogens is 422 g/mol. The molecule has 0 bridgehead atoms. The Kier molecular flexibility index (Phi) is 5.37. The van der Waals surface area contributed by atoms with Crippen LogP contribution in [0, 0.1) is 0 Å². The van der Waals surface area contributed by atoms with E-state index >= 15 is 0 Å². The Morgan fingerprint density at radius 3 is 1.35 bits per heavy atom. The number of nitrogens with zero attached hydrogens (tertiary/aromatic N) is 1. The highest BCUT2D eigenvalue weighted by Crippen LogP contribution is 2.39. The van der Waals surface area contributed by atoms with Gasteiger partial charge in [-0.1, -0.05) is 72.1 Å². The summed E-state index contributed by atoms with van der Waals surface area (Å²) in [5, 5.41) is 0. The molecule has 0 radical (unpaired) electrons. The van der Waals surface area contributed by atoms with E-state index in [9.17, 15) is 9.59 Å². The maximum Gasteiger partial charge on any atom is 0.266 e. The van der Waals surface area contributed by atoms with Crippen molar-refractivity contribution < 1.29 is 9.59 Å². The number of amides is 2. The van der Waals surface area contributed by atoms with Crippen LogP contribution in [-0.2, 0) is 0 Å². The Morgan fingerprint density at radius 1 is 0.484 bits per heavy atom. The summed E-state index contributed by atoms with van der Waals surface area (Å²) in [5.74, 6) is -0.559. The maximum atomic E-state index is 13.0. The van der Waals surface area contributed by atoms with Gasteiger partial charge in [0.15, 0.2) is 0 Å². The molecule has 0 saturated heterocycles. The second-order valence-electron chi connectivity index (χ2n) is 6.98. The van der Waals surface area contributed by atoms with Crippen LogP contribution in [0.2, 0.25) is 0 Å². The summed E-state index contributed by atoms with van der Waals surface area (Å²) in [6.45, 7) is 0. The van der Waals surface area contributed by atoms with Crippen molar-refractivity contribution in [2.75, 3.05) is 4.90 Å². The maximum absolute atomic E-state index is 13.0. The van der Waals surface area contributed by atoms with Gasteiger partial charge in [-0.2, -0.15) is 0 Å². The first-order valence-corrected chi connectivity index (χ1v) is 11.4. The molecule has 150 valence electrons. The largest absolute Gasteiger partial charge is 0.268 e. The summed E-state index contributed by atoms with van der Waals surface area (Å²) in [5.41, 5.74) is 1.49. The average Bonchev–Trinajstić information content (AvgIpc) is 3.05. The number of imide groups is 1. The van der Waals surface area contributed by atoms with Crippen molar-refractivity contribution in [1.82, 2.24) is 0 Å². The molecule has 5 rings (SSSR count). The van der Waals surface area contributed by atoms with Crippen LogP contribution in [0.5, 0.6) is 0 Å². The lowest BCUT2D eigenvalue weighted by Crippen LogP contribution is -2.29. The molecule has 1 heterocycles. The minimum absolute atomic E-state index is 0.280. The molecular formula is C26H17NO2S2. The topological polar surface area (TPSA) is 37.4 Å². The third kappa shape index (κ3) is 4.02. The fraction of sp³-hybridized carbons (Fsp3) is 0. The molecule has 4 aromatic rings. The first-order valence-electron chi connectivity index (χ1n) is 9.78. The summed E-state index contributed by atoms with van der Waals surface area (Å²) in [6, 6.07) is 33.0. The first kappa shape index (κ1) is 19.7. The Labute approximate surface area is 189 Å². The quantitative estimate of drug-likeness (QED) is 0.321. The lowest BCUT2D eigenvalue weighted by Gasteiger charge is -2.17. The van der Waals surface area contributed by atoms with Gasteiger partial charge in [-0.25, -0.2) is 4.90 Å². The van der Waals surface area contributed by atoms with Gasteiger partial charge in [-0.15, -0.1) is 0 Å². The summed E-state index contributed by atoms with van der Waals surface area (Å²) in [6.07, 6.45) is 0. The normalized spacial score (nSPS) is 12.8. The van der Waals surface area contributed by atoms with Gasteiger partial charge in [0.2, 0.25) is 0 Å². The molecule has 0 aromatic heterocycles. The van der Waals surface area contributed by atoms with Crippen molar-refractivity contribution in [3.63, 3.8) is 0 Å². The zero-order valence-electron chi connectivity index (χ0n) is 16.4. The number of carbonyl (C=O) groups is 2. The lowest BCUT2D eigenvalue weighted by molar-refractivity contribution is 0.0926. The molecule has 0 atom stereocenters. The van der Waals surface area contributed by atoms with Crippen molar-refractivity contribution in [3.05, 3.63) is 114 Å². The van der Waals surface area contributed by atoms with E-state index in [0.29, 0.717) is 16.8 Å². The number of rotatable bonds is 5. The van der Waals surface area contributed by atoms with E-state index in [2.05, 4.69) is 6.07 Å². The SMILES string of the molecule is O=C1c2ccccc2C(=O)N1c1cc(Sc2ccccc2)cc(Sc2ccccc2)c1. The molecule has 0 unspecified atom stereocenters. The fourth-order valence-electron chi connectivity index (χ4n) is 3.48. The monoisotopic (exact) mass is 439 g/mol. The minimum Gasteiger partial charge on any atom is -0.268 e. The molecule has 3 nitrogen and oxygen atoms in total. The molecule has 0 fully saturated rings. The fourth-order valence-corrected chi connectivity index (χ4v) is 5.41. The number of fused-ring (bicyclic) bond motifs is 1. The van der Waals surface area contributed by atoms with Crippen molar-refractivity contribution in [3.8, 4) is 0 Å². The van der Waals surface area contributed by atoms with Crippen molar-refractivity contribution in [2.45, 2.75) is 19.6 Å². The van der Waals surface area contributed by atoms with Gasteiger partial charge in [0, 0.05) is 19.6 Å². The van der Waals surface area contributed by atoms with E-state index in [0.717, 1.165) is 19.6 Å². The average molecular weight is 440 g/mol. The third-order valence-corrected chi connectivity index (χ3v) is 6.83. The molecule has 5 heteroatoms. The van der Waals surface area contributed by atoms with Gasteiger partial charge in [0.05, 0.1) is 16.8 Å². The summed E-state index contributed by atoms with van der Waals surface area (Å²) >= 11 is 3.22. The highest BCUT2D eigenvalue weighted by Gasteiger charge is 2.36. The van der Waals surface area contributed by atoms with Crippen LogP contribution < -0.4 is 4.90 Å². The second kappa shape index (κ2) is 8.46. The zero-order valence-corrected chi connectivity index (χ0v) is 18.0. The van der Waals surface area contributed by atoms with Gasteiger partial charge in [-0.3, -0.25) is 9.59 Å². The van der Waals surface area contributed by atoms with E-state index in [1.54, 1.807) is 47.8 Å². The van der Waals surface area contributed by atoms with Gasteiger partial charge in [-0.05, 0) is 54.6 Å². The van der Waals surface area contributed by atoms with Gasteiger partial charge in [0.25, 0.3) is 11.8 Å². The van der Waals surface area contributed by atoms with Crippen molar-refractivity contribution >= 4 is 41.0 Å². The Bertz CT molecular complexity index is 1180. The van der Waals surface area contributed by atoms with Crippen LogP contribution >= 0.6 is 23.5 Å². The Hall–Kier alpha value is -3.28. The van der Waals surface area contributed by atoms with E-state index in [-0.39, 0.29) is 11.8 Å². The lowest BCUT2D eigenvalue weighted by atomic mass is 10.1. The van der Waals surface area contributed by atoms with Crippen LogP contribution in [0.25, 0.3) is 0 Å². The van der Waals surface area contributed by atoms with Crippen LogP contribution in [0.3, 0.4) is 0 Å². The molecule has 31 heavy (non-hydrogen) atoms. The minimum atomic E-state index is -0.280. The van der Waals surface area contributed by atoms with E-state index < -0.39 is 0 Å². The predicted molar refractivity (Wildman–Crippen MR) is 125 cm³/mol.